The molecule has 298 valence electrons. The topological polar surface area (TPSA) is 13.1 Å². The Morgan fingerprint density at radius 2 is 0.478 bits per heavy atom. The fourth-order valence-corrected chi connectivity index (χ4v) is 13.0. The van der Waals surface area contributed by atoms with Gasteiger partial charge in [0, 0.05) is 10.8 Å². The van der Waals surface area contributed by atoms with E-state index in [0.717, 1.165) is 11.2 Å². The van der Waals surface area contributed by atoms with E-state index in [-0.39, 0.29) is 0 Å². The highest BCUT2D eigenvalue weighted by atomic mass is 16.3. The zero-order chi connectivity index (χ0) is 48.3. The van der Waals surface area contributed by atoms with E-state index >= 15 is 0 Å². The molecule has 9 aromatic carbocycles. The zero-order valence-corrected chi connectivity index (χ0v) is 44.0. The first kappa shape index (κ1) is 45.9. The molecular weight excluding hydrogens is 785 g/mol. The molecule has 0 saturated heterocycles. The van der Waals surface area contributed by atoms with Gasteiger partial charge in [-0.3, -0.25) is 0 Å². The predicted molar refractivity (Wildman–Crippen MR) is 364 cm³/mol. The molecule has 0 bridgehead atoms. The van der Waals surface area contributed by atoms with E-state index in [1.165, 1.54) is 196 Å². The van der Waals surface area contributed by atoms with Crippen molar-refractivity contribution in [2.45, 2.75) is 0 Å². The van der Waals surface area contributed by atoms with Crippen molar-refractivity contribution in [3.05, 3.63) is 48.5 Å². The third-order valence-corrected chi connectivity index (χ3v) is 18.3. The molecule has 1 aromatic heterocycles. The van der Waals surface area contributed by atoms with Crippen LogP contribution in [-0.2, 0) is 0 Å². The fraction of sp³-hybridized carbons (Fsp3) is 0. The number of rotatable bonds is 3. The molecule has 0 radical (unpaired) electrons. The summed E-state index contributed by atoms with van der Waals surface area (Å²) in [5, 5.41) is 13.3. The van der Waals surface area contributed by atoms with Crippen LogP contribution in [0, 0.1) is 0 Å². The Morgan fingerprint density at radius 1 is 0.194 bits per heavy atom. The highest BCUT2D eigenvalue weighted by Gasteiger charge is 2.30. The van der Waals surface area contributed by atoms with Crippen LogP contribution in [0.5, 0.6) is 0 Å². The largest absolute Gasteiger partial charge is 0.457 e. The van der Waals surface area contributed by atoms with Crippen LogP contribution in [0.15, 0.2) is 52.9 Å². The Balaban J connectivity index is 1.42. The number of hydrogen-bond acceptors (Lipinski definition) is 1. The van der Waals surface area contributed by atoms with Crippen LogP contribution in [0.1, 0.15) is 0 Å². The summed E-state index contributed by atoms with van der Waals surface area (Å²) in [6.07, 6.45) is 0. The molecule has 10 rings (SSSR count). The van der Waals surface area contributed by atoms with Gasteiger partial charge < -0.3 is 4.42 Å². The summed E-state index contributed by atoms with van der Waals surface area (Å²) >= 11 is 0. The third-order valence-electron chi connectivity index (χ3n) is 18.3. The van der Waals surface area contributed by atoms with Crippen molar-refractivity contribution in [3.63, 3.8) is 0 Å². The van der Waals surface area contributed by atoms with Crippen molar-refractivity contribution in [2.24, 2.45) is 0 Å². The van der Waals surface area contributed by atoms with E-state index in [4.69, 9.17) is 4.42 Å². The van der Waals surface area contributed by atoms with E-state index in [9.17, 15) is 0 Å². The number of benzene rings is 9. The molecule has 0 unspecified atom stereocenters. The van der Waals surface area contributed by atoms with Gasteiger partial charge in [0.05, 0.1) is 0 Å². The minimum absolute atomic E-state index is 1.01. The van der Waals surface area contributed by atoms with Crippen LogP contribution < -0.4 is 109 Å². The predicted octanol–water partition coefficient (Wildman–Crippen LogP) is -21.6. The van der Waals surface area contributed by atoms with Gasteiger partial charge in [-0.2, -0.15) is 0 Å². The van der Waals surface area contributed by atoms with Crippen molar-refractivity contribution in [1.82, 2.24) is 0 Å². The van der Waals surface area contributed by atoms with E-state index in [1.54, 1.807) is 0 Å². The Hall–Kier alpha value is -4.88. The van der Waals surface area contributed by atoms with E-state index in [1.807, 2.05) is 0 Å². The normalized spacial score (nSPS) is 11.9. The van der Waals surface area contributed by atoms with Crippen LogP contribution in [-0.4, -0.2) is 157 Å². The van der Waals surface area contributed by atoms with Gasteiger partial charge in [-0.15, -0.1) is 32.8 Å². The van der Waals surface area contributed by atoms with Crippen molar-refractivity contribution >= 4 is 331 Å². The lowest BCUT2D eigenvalue weighted by Crippen LogP contribution is -2.52. The molecule has 0 atom stereocenters. The van der Waals surface area contributed by atoms with Crippen LogP contribution in [0.2, 0.25) is 0 Å². The van der Waals surface area contributed by atoms with Crippen molar-refractivity contribution < 1.29 is 4.42 Å². The van der Waals surface area contributed by atoms with Gasteiger partial charge in [0.2, 0.25) is 0 Å². The smallest absolute Gasteiger partial charge is 0.143 e. The molecule has 0 spiro atoms. The van der Waals surface area contributed by atoms with Gasteiger partial charge in [-0.05, 0) is 76.5 Å². The Bertz CT molecular complexity index is 3930. The van der Waals surface area contributed by atoms with Gasteiger partial charge in [-0.25, -0.2) is 0 Å². The van der Waals surface area contributed by atoms with Gasteiger partial charge in [0.1, 0.15) is 168 Å². The highest BCUT2D eigenvalue weighted by molar-refractivity contribution is 6.75. The standard InChI is InChI=1S/C46H48B20O/c47-25-18(16-17(29(51)37(59)36(58)28(16)50)19-23(25)33(55)39(61)38(60)30(19)52)22-26(48)21(31(53)35(57)32(22)54)14-11-7-3-1-5-9(11)13(10-6-2-4-8-12(10)14)15-20-24-34(56)40(62)42(64)44(66)46(24)67-45(20)43(65)41(63)27(15)49/h1-8H,47-66H2. The Labute approximate surface area is 415 Å². The molecule has 67 heavy (non-hydrogen) atoms. The van der Waals surface area contributed by atoms with Crippen LogP contribution in [0.3, 0.4) is 0 Å². The molecule has 0 fully saturated rings. The molecule has 0 aliphatic rings. The van der Waals surface area contributed by atoms with Gasteiger partial charge in [-0.1, -0.05) is 125 Å². The maximum absolute atomic E-state index is 7.08. The minimum Gasteiger partial charge on any atom is -0.457 e. The molecule has 0 saturated carbocycles. The summed E-state index contributed by atoms with van der Waals surface area (Å²) in [5.74, 6) is 0. The van der Waals surface area contributed by atoms with E-state index in [0.29, 0.717) is 0 Å². The lowest BCUT2D eigenvalue weighted by Gasteiger charge is -2.30. The maximum atomic E-state index is 7.08. The molecule has 0 amide bonds. The molecule has 1 nitrogen and oxygen atoms in total. The number of furan rings is 1. The second-order valence-corrected chi connectivity index (χ2v) is 20.9. The average molecular weight is 833 g/mol. The molecular formula is C46H48B20O. The maximum Gasteiger partial charge on any atom is 0.143 e. The lowest BCUT2D eigenvalue weighted by atomic mass is 9.56. The lowest BCUT2D eigenvalue weighted by molar-refractivity contribution is 0.675. The summed E-state index contributed by atoms with van der Waals surface area (Å²) in [4.78, 5) is 0. The molecule has 10 aromatic rings. The first-order chi connectivity index (χ1) is 31.7. The quantitative estimate of drug-likeness (QED) is 0.0982. The first-order valence-corrected chi connectivity index (χ1v) is 24.6. The number of hydrogen-bond donors (Lipinski definition) is 0. The third kappa shape index (κ3) is 5.97. The van der Waals surface area contributed by atoms with Crippen LogP contribution >= 0.6 is 0 Å². The monoisotopic (exact) mass is 837 g/mol. The summed E-state index contributed by atoms with van der Waals surface area (Å²) < 4.78 is 7.08. The van der Waals surface area contributed by atoms with Gasteiger partial charge in [0.25, 0.3) is 0 Å². The van der Waals surface area contributed by atoms with E-state index < -0.39 is 0 Å². The minimum atomic E-state index is 1.01. The van der Waals surface area contributed by atoms with Crippen molar-refractivity contribution in [2.75, 3.05) is 0 Å². The molecule has 1 heterocycles. The molecule has 0 aliphatic carbocycles. The second-order valence-electron chi connectivity index (χ2n) is 20.9. The number of fused-ring (bicyclic) bond motifs is 8. The van der Waals surface area contributed by atoms with Crippen molar-refractivity contribution in [3.8, 4) is 33.4 Å². The average Bonchev–Trinajstić information content (AvgIpc) is 3.72. The molecule has 21 heteroatoms. The van der Waals surface area contributed by atoms with Gasteiger partial charge >= 0.3 is 0 Å². The highest BCUT2D eigenvalue weighted by Crippen LogP contribution is 2.45. The SMILES string of the molecule is Bc1c(B)c(-c2c3ccccc3c(-c3c(B)c(B)c(B)c4oc5c(B)c(B)c(B)c(B)c5c34)c3ccccc23)c(B)c(-c2c(B)c3c(B)c(B)c(B)c(B)c3c3c(B)c(B)c(B)c(B)c23)c1B. The fourth-order valence-electron chi connectivity index (χ4n) is 13.0. The first-order valence-electron chi connectivity index (χ1n) is 24.6. The summed E-state index contributed by atoms with van der Waals surface area (Å²) in [7, 11) is 46.7. The second kappa shape index (κ2) is 15.8. The molecule has 0 N–H and O–H groups in total. The zero-order valence-electron chi connectivity index (χ0n) is 44.0. The summed E-state index contributed by atoms with van der Waals surface area (Å²) in [5.41, 5.74) is 37.1. The summed E-state index contributed by atoms with van der Waals surface area (Å²) in [6, 6.07) is 18.6. The van der Waals surface area contributed by atoms with Crippen LogP contribution in [0.25, 0.3) is 98.4 Å². The molecule has 0 aliphatic heterocycles. The van der Waals surface area contributed by atoms with E-state index in [2.05, 4.69) is 205 Å². The van der Waals surface area contributed by atoms with Gasteiger partial charge in [0.15, 0.2) is 0 Å². The van der Waals surface area contributed by atoms with Crippen LogP contribution in [0.4, 0.5) is 0 Å². The Kier molecular flexibility index (Phi) is 10.8. The Morgan fingerprint density at radius 3 is 0.940 bits per heavy atom. The van der Waals surface area contributed by atoms with Crippen molar-refractivity contribution in [1.29, 1.82) is 0 Å². The summed E-state index contributed by atoms with van der Waals surface area (Å²) in [6.45, 7) is 0.